The molecule has 4 heteroatoms. The van der Waals surface area contributed by atoms with Crippen molar-refractivity contribution in [2.24, 2.45) is 0 Å². The number of halogens is 2. The second-order valence-electron chi connectivity index (χ2n) is 7.40. The van der Waals surface area contributed by atoms with Crippen molar-refractivity contribution in [3.8, 4) is 5.75 Å². The van der Waals surface area contributed by atoms with Gasteiger partial charge in [0.05, 0.1) is 0 Å². The quantitative estimate of drug-likeness (QED) is 0.409. The number of benzene rings is 3. The summed E-state index contributed by atoms with van der Waals surface area (Å²) in [4.78, 5) is 2.07. The number of allylic oxidation sites excluding steroid dienone is 1. The monoisotopic (exact) mass is 406 g/mol. The van der Waals surface area contributed by atoms with E-state index in [0.717, 1.165) is 46.6 Å². The molecule has 0 amide bonds. The highest BCUT2D eigenvalue weighted by atomic mass is 19.1. The molecule has 0 unspecified atom stereocenters. The second kappa shape index (κ2) is 10.2. The Morgan fingerprint density at radius 1 is 0.733 bits per heavy atom. The van der Waals surface area contributed by atoms with Gasteiger partial charge in [0.1, 0.15) is 24.0 Å². The molecule has 0 aliphatic carbocycles. The molecule has 3 aromatic rings. The summed E-state index contributed by atoms with van der Waals surface area (Å²) in [5.41, 5.74) is 4.94. The fourth-order valence-electron chi connectivity index (χ4n) is 3.37. The molecule has 0 N–H and O–H groups in total. The predicted molar refractivity (Wildman–Crippen MR) is 119 cm³/mol. The van der Waals surface area contributed by atoms with Crippen LogP contribution in [0.3, 0.4) is 0 Å². The smallest absolute Gasteiger partial charge is 0.123 e. The molecule has 0 atom stereocenters. The summed E-state index contributed by atoms with van der Waals surface area (Å²) in [5, 5.41) is 0. The van der Waals surface area contributed by atoms with Crippen LogP contribution in [0.5, 0.6) is 5.75 Å². The average molecular weight is 407 g/mol. The van der Waals surface area contributed by atoms with Crippen molar-refractivity contribution in [3.05, 3.63) is 101 Å². The third-order valence-electron chi connectivity index (χ3n) is 4.93. The third kappa shape index (κ3) is 5.55. The predicted octanol–water partition coefficient (Wildman–Crippen LogP) is 6.27. The first kappa shape index (κ1) is 21.7. The van der Waals surface area contributed by atoms with Crippen LogP contribution in [-0.2, 0) is 0 Å². The van der Waals surface area contributed by atoms with Crippen LogP contribution in [0, 0.1) is 11.6 Å². The van der Waals surface area contributed by atoms with Gasteiger partial charge in [-0.2, -0.15) is 0 Å². The maximum Gasteiger partial charge on any atom is 0.123 e. The Bertz CT molecular complexity index is 975. The van der Waals surface area contributed by atoms with Gasteiger partial charge in [0.25, 0.3) is 0 Å². The molecule has 0 aromatic heterocycles. The topological polar surface area (TPSA) is 12.5 Å². The normalized spacial score (nSPS) is 12.1. The van der Waals surface area contributed by atoms with Crippen LogP contribution < -0.4 is 4.74 Å². The highest BCUT2D eigenvalue weighted by Gasteiger charge is 2.14. The molecular weight excluding hydrogens is 379 g/mol. The summed E-state index contributed by atoms with van der Waals surface area (Å²) in [6, 6.07) is 20.9. The summed E-state index contributed by atoms with van der Waals surface area (Å²) in [6.07, 6.45) is 0.749. The zero-order valence-corrected chi connectivity index (χ0v) is 17.7. The number of rotatable bonds is 8. The van der Waals surface area contributed by atoms with E-state index in [0.29, 0.717) is 6.61 Å². The fraction of sp³-hybridized carbons (Fsp3) is 0.231. The van der Waals surface area contributed by atoms with Crippen LogP contribution in [0.1, 0.15) is 30.0 Å². The lowest BCUT2D eigenvalue weighted by Crippen LogP contribution is -2.19. The largest absolute Gasteiger partial charge is 0.492 e. The van der Waals surface area contributed by atoms with Crippen molar-refractivity contribution >= 4 is 11.1 Å². The van der Waals surface area contributed by atoms with Gasteiger partial charge in [-0.1, -0.05) is 43.3 Å². The number of hydrogen-bond donors (Lipinski definition) is 0. The van der Waals surface area contributed by atoms with Gasteiger partial charge in [-0.3, -0.25) is 0 Å². The lowest BCUT2D eigenvalue weighted by atomic mass is 9.88. The van der Waals surface area contributed by atoms with Crippen LogP contribution in [0.15, 0.2) is 72.8 Å². The van der Waals surface area contributed by atoms with Crippen LogP contribution in [0.4, 0.5) is 8.78 Å². The molecule has 3 rings (SSSR count). The summed E-state index contributed by atoms with van der Waals surface area (Å²) in [6.45, 7) is 3.52. The van der Waals surface area contributed by atoms with Crippen molar-refractivity contribution in [1.82, 2.24) is 4.90 Å². The summed E-state index contributed by atoms with van der Waals surface area (Å²) < 4.78 is 32.8. The van der Waals surface area contributed by atoms with Gasteiger partial charge in [-0.25, -0.2) is 8.78 Å². The van der Waals surface area contributed by atoms with Crippen LogP contribution in [0.25, 0.3) is 11.1 Å². The first-order valence-electron chi connectivity index (χ1n) is 10.1. The van der Waals surface area contributed by atoms with Gasteiger partial charge in [0, 0.05) is 6.54 Å². The molecule has 2 nitrogen and oxygen atoms in total. The number of ether oxygens (including phenoxy) is 1. The molecule has 156 valence electrons. The Hall–Kier alpha value is -2.98. The van der Waals surface area contributed by atoms with Crippen molar-refractivity contribution in [1.29, 1.82) is 0 Å². The van der Waals surface area contributed by atoms with Crippen molar-refractivity contribution < 1.29 is 13.5 Å². The van der Waals surface area contributed by atoms with E-state index < -0.39 is 0 Å². The average Bonchev–Trinajstić information content (AvgIpc) is 2.74. The van der Waals surface area contributed by atoms with Crippen molar-refractivity contribution in [2.45, 2.75) is 13.3 Å². The van der Waals surface area contributed by atoms with Crippen LogP contribution in [0.2, 0.25) is 0 Å². The number of likely N-dealkylation sites (N-methyl/N-ethyl adjacent to an activating group) is 1. The first-order valence-corrected chi connectivity index (χ1v) is 10.1. The highest BCUT2D eigenvalue weighted by molar-refractivity contribution is 5.98. The third-order valence-corrected chi connectivity index (χ3v) is 4.93. The molecule has 0 radical (unpaired) electrons. The Labute approximate surface area is 177 Å². The number of nitrogens with zero attached hydrogens (tertiary/aromatic N) is 1. The molecule has 0 saturated heterocycles. The van der Waals surface area contributed by atoms with Crippen LogP contribution in [-0.4, -0.2) is 32.1 Å². The van der Waals surface area contributed by atoms with Gasteiger partial charge in [-0.15, -0.1) is 0 Å². The summed E-state index contributed by atoms with van der Waals surface area (Å²) in [7, 11) is 4.02. The van der Waals surface area contributed by atoms with E-state index in [1.54, 1.807) is 24.3 Å². The fourth-order valence-corrected chi connectivity index (χ4v) is 3.37. The number of hydrogen-bond acceptors (Lipinski definition) is 2. The standard InChI is InChI=1S/C26H27F2NO/c1-4-25(19-5-11-22(27)12-6-19)26(20-7-13-23(28)14-8-20)21-9-15-24(16-10-21)30-18-17-29(2)3/h5-16H,4,17-18H2,1-3H3/i28-1. The van der Waals surface area contributed by atoms with E-state index in [2.05, 4.69) is 11.8 Å². The van der Waals surface area contributed by atoms with E-state index in [1.165, 1.54) is 24.3 Å². The van der Waals surface area contributed by atoms with E-state index in [4.69, 9.17) is 4.74 Å². The molecule has 0 spiro atoms. The van der Waals surface area contributed by atoms with Crippen molar-refractivity contribution in [3.63, 3.8) is 0 Å². The molecule has 0 aliphatic rings. The Morgan fingerprint density at radius 2 is 1.20 bits per heavy atom. The van der Waals surface area contributed by atoms with Gasteiger partial charge in [0.2, 0.25) is 0 Å². The van der Waals surface area contributed by atoms with E-state index in [-0.39, 0.29) is 11.6 Å². The lowest BCUT2D eigenvalue weighted by molar-refractivity contribution is 0.261. The van der Waals surface area contributed by atoms with Gasteiger partial charge in [0.15, 0.2) is 0 Å². The second-order valence-corrected chi connectivity index (χ2v) is 7.40. The SMILES string of the molecule is CCC(=C(c1ccc([18F])cc1)c1ccc(OCCN(C)C)cc1)c1ccc(F)cc1. The lowest BCUT2D eigenvalue weighted by Gasteiger charge is -2.17. The molecule has 0 aliphatic heterocycles. The maximum absolute atomic E-state index is 13.6. The molecule has 0 fully saturated rings. The Balaban J connectivity index is 2.03. The molecular formula is C26H27F2NO. The minimum atomic E-state index is -0.275. The van der Waals surface area contributed by atoms with E-state index in [9.17, 15) is 8.78 Å². The van der Waals surface area contributed by atoms with Gasteiger partial charge in [-0.05, 0) is 84.8 Å². The summed E-state index contributed by atoms with van der Waals surface area (Å²) >= 11 is 0. The Kier molecular flexibility index (Phi) is 7.36. The molecule has 0 heterocycles. The summed E-state index contributed by atoms with van der Waals surface area (Å²) in [5.74, 6) is 0.262. The highest BCUT2D eigenvalue weighted by Crippen LogP contribution is 2.35. The van der Waals surface area contributed by atoms with Gasteiger partial charge >= 0.3 is 0 Å². The zero-order valence-electron chi connectivity index (χ0n) is 17.7. The Morgan fingerprint density at radius 3 is 1.67 bits per heavy atom. The first-order chi connectivity index (χ1) is 14.5. The van der Waals surface area contributed by atoms with Gasteiger partial charge < -0.3 is 9.64 Å². The van der Waals surface area contributed by atoms with Crippen LogP contribution >= 0.6 is 0 Å². The van der Waals surface area contributed by atoms with E-state index in [1.807, 2.05) is 38.4 Å². The maximum atomic E-state index is 13.6. The van der Waals surface area contributed by atoms with Crippen molar-refractivity contribution in [2.75, 3.05) is 27.2 Å². The van der Waals surface area contributed by atoms with E-state index >= 15 is 0 Å². The molecule has 30 heavy (non-hydrogen) atoms. The molecule has 0 bridgehead atoms. The minimum absolute atomic E-state index is 0.267. The molecule has 0 saturated carbocycles. The zero-order chi connectivity index (χ0) is 21.5. The minimum Gasteiger partial charge on any atom is -0.492 e. The molecule has 3 aromatic carbocycles.